The van der Waals surface area contributed by atoms with Gasteiger partial charge in [0.1, 0.15) is 0 Å². The number of rotatable bonds is 7. The van der Waals surface area contributed by atoms with Crippen LogP contribution in [0, 0.1) is 0 Å². The van der Waals surface area contributed by atoms with Gasteiger partial charge in [-0.25, -0.2) is 0 Å². The van der Waals surface area contributed by atoms with E-state index < -0.39 is 0 Å². The van der Waals surface area contributed by atoms with E-state index in [-0.39, 0.29) is 11.8 Å². The van der Waals surface area contributed by atoms with Crippen molar-refractivity contribution in [2.24, 2.45) is 4.99 Å². The lowest BCUT2D eigenvalue weighted by molar-refractivity contribution is 0.0652. The first kappa shape index (κ1) is 18.6. The second-order valence-electron chi connectivity index (χ2n) is 6.19. The molecule has 3 rings (SSSR count). The Kier molecular flexibility index (Phi) is 6.14. The number of hydrogen-bond acceptors (Lipinski definition) is 4. The van der Waals surface area contributed by atoms with Gasteiger partial charge in [0.05, 0.1) is 23.4 Å². The first-order valence-corrected chi connectivity index (χ1v) is 9.00. The maximum atomic E-state index is 12.3. The number of imide groups is 1. The van der Waals surface area contributed by atoms with Crippen LogP contribution in [0.2, 0.25) is 0 Å². The summed E-state index contributed by atoms with van der Waals surface area (Å²) in [6.07, 6.45) is 3.31. The molecule has 27 heavy (non-hydrogen) atoms. The number of benzene rings is 1. The quantitative estimate of drug-likeness (QED) is 0.338. The standard InChI is InChI=1S/C20H23N5O2/c1-21-20(24-14-15-8-4-5-11-22-15)23-12-6-7-13-25-18(26)16-9-2-3-10-17(16)19(25)27/h2-5,8-11H,6-7,12-14H2,1H3,(H2,21,23,24). The third-order valence-electron chi connectivity index (χ3n) is 4.37. The fourth-order valence-electron chi connectivity index (χ4n) is 2.94. The van der Waals surface area contributed by atoms with E-state index in [2.05, 4.69) is 20.6 Å². The summed E-state index contributed by atoms with van der Waals surface area (Å²) < 4.78 is 0. The van der Waals surface area contributed by atoms with Gasteiger partial charge in [0.15, 0.2) is 5.96 Å². The van der Waals surface area contributed by atoms with Crippen LogP contribution in [0.5, 0.6) is 0 Å². The average Bonchev–Trinajstić information content (AvgIpc) is 2.95. The Morgan fingerprint density at radius 1 is 1.00 bits per heavy atom. The predicted octanol–water partition coefficient (Wildman–Crippen LogP) is 1.82. The molecule has 0 saturated heterocycles. The zero-order valence-corrected chi connectivity index (χ0v) is 15.3. The Bertz CT molecular complexity index is 800. The molecule has 1 aromatic heterocycles. The third kappa shape index (κ3) is 4.49. The highest BCUT2D eigenvalue weighted by Crippen LogP contribution is 2.22. The Balaban J connectivity index is 1.38. The Morgan fingerprint density at radius 3 is 2.33 bits per heavy atom. The van der Waals surface area contributed by atoms with Crippen molar-refractivity contribution in [1.29, 1.82) is 0 Å². The van der Waals surface area contributed by atoms with Gasteiger partial charge in [0.2, 0.25) is 0 Å². The zero-order valence-electron chi connectivity index (χ0n) is 15.3. The number of carbonyl (C=O) groups excluding carboxylic acids is 2. The van der Waals surface area contributed by atoms with Crippen LogP contribution in [0.3, 0.4) is 0 Å². The van der Waals surface area contributed by atoms with Crippen LogP contribution in [0.15, 0.2) is 53.7 Å². The second kappa shape index (κ2) is 8.93. The molecule has 1 aliphatic rings. The smallest absolute Gasteiger partial charge is 0.261 e. The molecule has 0 fully saturated rings. The summed E-state index contributed by atoms with van der Waals surface area (Å²) in [6.45, 7) is 1.72. The van der Waals surface area contributed by atoms with Crippen LogP contribution in [-0.2, 0) is 6.54 Å². The summed E-state index contributed by atoms with van der Waals surface area (Å²) in [4.78, 5) is 34.4. The number of guanidine groups is 1. The van der Waals surface area contributed by atoms with Crippen molar-refractivity contribution in [3.8, 4) is 0 Å². The van der Waals surface area contributed by atoms with Gasteiger partial charge in [0.25, 0.3) is 11.8 Å². The first-order valence-electron chi connectivity index (χ1n) is 9.00. The lowest BCUT2D eigenvalue weighted by Crippen LogP contribution is -2.38. The van der Waals surface area contributed by atoms with Crippen LogP contribution in [-0.4, -0.2) is 47.8 Å². The van der Waals surface area contributed by atoms with E-state index in [0.717, 1.165) is 18.5 Å². The molecule has 140 valence electrons. The molecule has 0 aliphatic carbocycles. The molecule has 2 aromatic rings. The molecule has 2 heterocycles. The van der Waals surface area contributed by atoms with Gasteiger partial charge in [-0.1, -0.05) is 18.2 Å². The SMILES string of the molecule is CN=C(NCCCCN1C(=O)c2ccccc2C1=O)NCc1ccccn1. The molecular formula is C20H23N5O2. The number of carbonyl (C=O) groups is 2. The van der Waals surface area contributed by atoms with Crippen molar-refractivity contribution in [3.63, 3.8) is 0 Å². The van der Waals surface area contributed by atoms with Crippen molar-refractivity contribution < 1.29 is 9.59 Å². The molecule has 7 heteroatoms. The number of hydrogen-bond donors (Lipinski definition) is 2. The van der Waals surface area contributed by atoms with Crippen molar-refractivity contribution >= 4 is 17.8 Å². The van der Waals surface area contributed by atoms with Crippen LogP contribution in [0.4, 0.5) is 0 Å². The molecule has 2 N–H and O–H groups in total. The fourth-order valence-corrected chi connectivity index (χ4v) is 2.94. The Morgan fingerprint density at radius 2 is 1.70 bits per heavy atom. The summed E-state index contributed by atoms with van der Waals surface area (Å²) in [5.41, 5.74) is 1.94. The van der Waals surface area contributed by atoms with E-state index in [1.807, 2.05) is 18.2 Å². The highest BCUT2D eigenvalue weighted by atomic mass is 16.2. The molecule has 0 saturated carbocycles. The number of nitrogens with zero attached hydrogens (tertiary/aromatic N) is 3. The average molecular weight is 365 g/mol. The van der Waals surface area contributed by atoms with Crippen LogP contribution < -0.4 is 10.6 Å². The van der Waals surface area contributed by atoms with Gasteiger partial charge >= 0.3 is 0 Å². The maximum Gasteiger partial charge on any atom is 0.261 e. The molecular weight excluding hydrogens is 342 g/mol. The minimum absolute atomic E-state index is 0.198. The number of aliphatic imine (C=N–C) groups is 1. The summed E-state index contributed by atoms with van der Waals surface area (Å²) in [7, 11) is 1.71. The first-order chi connectivity index (χ1) is 13.2. The monoisotopic (exact) mass is 365 g/mol. The van der Waals surface area contributed by atoms with Gasteiger partial charge in [-0.05, 0) is 37.1 Å². The number of aromatic nitrogens is 1. The number of unbranched alkanes of at least 4 members (excludes halogenated alkanes) is 1. The molecule has 0 unspecified atom stereocenters. The van der Waals surface area contributed by atoms with Gasteiger partial charge in [-0.3, -0.25) is 24.5 Å². The fraction of sp³-hybridized carbons (Fsp3) is 0.300. The normalized spacial score (nSPS) is 13.7. The number of fused-ring (bicyclic) bond motifs is 1. The summed E-state index contributed by atoms with van der Waals surface area (Å²) in [5.74, 6) is 0.300. The molecule has 0 bridgehead atoms. The lowest BCUT2D eigenvalue weighted by atomic mass is 10.1. The van der Waals surface area contributed by atoms with Gasteiger partial charge in [-0.2, -0.15) is 0 Å². The molecule has 0 spiro atoms. The van der Waals surface area contributed by atoms with Crippen molar-refractivity contribution in [3.05, 3.63) is 65.5 Å². The number of nitrogens with one attached hydrogen (secondary N) is 2. The molecule has 0 atom stereocenters. The minimum atomic E-state index is -0.198. The largest absolute Gasteiger partial charge is 0.356 e. The molecule has 0 radical (unpaired) electrons. The molecule has 1 aromatic carbocycles. The summed E-state index contributed by atoms with van der Waals surface area (Å²) in [6, 6.07) is 12.7. The van der Waals surface area contributed by atoms with E-state index in [0.29, 0.717) is 36.7 Å². The minimum Gasteiger partial charge on any atom is -0.356 e. The summed E-state index contributed by atoms with van der Waals surface area (Å²) in [5, 5.41) is 6.43. The third-order valence-corrected chi connectivity index (χ3v) is 4.37. The van der Waals surface area contributed by atoms with Gasteiger partial charge in [-0.15, -0.1) is 0 Å². The maximum absolute atomic E-state index is 12.3. The van der Waals surface area contributed by atoms with Crippen LogP contribution >= 0.6 is 0 Å². The van der Waals surface area contributed by atoms with E-state index in [4.69, 9.17) is 0 Å². The predicted molar refractivity (Wildman–Crippen MR) is 103 cm³/mol. The zero-order chi connectivity index (χ0) is 19.1. The van der Waals surface area contributed by atoms with Crippen molar-refractivity contribution in [2.75, 3.05) is 20.1 Å². The molecule has 1 aliphatic heterocycles. The van der Waals surface area contributed by atoms with E-state index in [1.54, 1.807) is 37.5 Å². The second-order valence-corrected chi connectivity index (χ2v) is 6.19. The Hall–Kier alpha value is -3.22. The number of amides is 2. The topological polar surface area (TPSA) is 86.7 Å². The van der Waals surface area contributed by atoms with Crippen molar-refractivity contribution in [2.45, 2.75) is 19.4 Å². The lowest BCUT2D eigenvalue weighted by Gasteiger charge is -2.14. The number of pyridine rings is 1. The van der Waals surface area contributed by atoms with Gasteiger partial charge in [0, 0.05) is 26.3 Å². The van der Waals surface area contributed by atoms with Crippen LogP contribution in [0.25, 0.3) is 0 Å². The summed E-state index contributed by atoms with van der Waals surface area (Å²) >= 11 is 0. The van der Waals surface area contributed by atoms with E-state index >= 15 is 0 Å². The van der Waals surface area contributed by atoms with E-state index in [1.165, 1.54) is 4.90 Å². The molecule has 2 amide bonds. The molecule has 7 nitrogen and oxygen atoms in total. The highest BCUT2D eigenvalue weighted by molar-refractivity contribution is 6.21. The highest BCUT2D eigenvalue weighted by Gasteiger charge is 2.34. The van der Waals surface area contributed by atoms with Crippen LogP contribution in [0.1, 0.15) is 39.3 Å². The van der Waals surface area contributed by atoms with Crippen molar-refractivity contribution in [1.82, 2.24) is 20.5 Å². The van der Waals surface area contributed by atoms with E-state index in [9.17, 15) is 9.59 Å². The van der Waals surface area contributed by atoms with Gasteiger partial charge < -0.3 is 10.6 Å². The Labute approximate surface area is 158 Å².